The Morgan fingerprint density at radius 2 is 1.52 bits per heavy atom. The molecule has 2 aliphatic rings. The van der Waals surface area contributed by atoms with E-state index in [1.54, 1.807) is 18.3 Å². The SMILES string of the molecule is Fc1ccc(-c2cc(N3CCN(c4ncccc4Cl)CC3)nc(N3CCCCC3)n2)cc1Cl. The molecule has 3 aromatic rings. The quantitative estimate of drug-likeness (QED) is 0.498. The molecular weight excluding hydrogens is 462 g/mol. The maximum atomic E-state index is 13.8. The van der Waals surface area contributed by atoms with Gasteiger partial charge in [0.1, 0.15) is 17.5 Å². The molecule has 0 radical (unpaired) electrons. The Morgan fingerprint density at radius 3 is 2.24 bits per heavy atom. The van der Waals surface area contributed by atoms with Gasteiger partial charge in [0.15, 0.2) is 0 Å². The predicted molar refractivity (Wildman–Crippen MR) is 132 cm³/mol. The van der Waals surface area contributed by atoms with Crippen molar-refractivity contribution in [3.05, 3.63) is 58.5 Å². The predicted octanol–water partition coefficient (Wildman–Crippen LogP) is 5.30. The van der Waals surface area contributed by atoms with Gasteiger partial charge in [-0.15, -0.1) is 0 Å². The van der Waals surface area contributed by atoms with Crippen molar-refractivity contribution < 1.29 is 4.39 Å². The molecule has 9 heteroatoms. The second-order valence-corrected chi connectivity index (χ2v) is 9.19. The minimum absolute atomic E-state index is 0.0908. The Labute approximate surface area is 203 Å². The zero-order valence-corrected chi connectivity index (χ0v) is 19.7. The Kier molecular flexibility index (Phi) is 6.51. The van der Waals surface area contributed by atoms with Crippen LogP contribution in [-0.4, -0.2) is 54.2 Å². The fraction of sp³-hybridized carbons (Fsp3) is 0.375. The molecule has 2 fully saturated rings. The number of rotatable bonds is 4. The number of piperazine rings is 1. The van der Waals surface area contributed by atoms with Gasteiger partial charge < -0.3 is 14.7 Å². The number of halogens is 3. The van der Waals surface area contributed by atoms with E-state index in [4.69, 9.17) is 33.2 Å². The molecule has 0 atom stereocenters. The first kappa shape index (κ1) is 22.2. The molecule has 4 heterocycles. The van der Waals surface area contributed by atoms with Gasteiger partial charge in [-0.3, -0.25) is 0 Å². The van der Waals surface area contributed by atoms with Gasteiger partial charge in [0, 0.05) is 57.1 Å². The van der Waals surface area contributed by atoms with E-state index in [1.807, 2.05) is 18.2 Å². The van der Waals surface area contributed by atoms with Crippen LogP contribution in [0.3, 0.4) is 0 Å². The normalized spacial score (nSPS) is 16.9. The second kappa shape index (κ2) is 9.69. The first-order chi connectivity index (χ1) is 16.1. The van der Waals surface area contributed by atoms with Crippen LogP contribution < -0.4 is 14.7 Å². The number of piperidine rings is 1. The molecule has 0 saturated carbocycles. The van der Waals surface area contributed by atoms with E-state index in [0.717, 1.165) is 81.0 Å². The molecule has 0 bridgehead atoms. The van der Waals surface area contributed by atoms with E-state index >= 15 is 0 Å². The lowest BCUT2D eigenvalue weighted by Gasteiger charge is -2.37. The zero-order valence-electron chi connectivity index (χ0n) is 18.2. The van der Waals surface area contributed by atoms with Crippen molar-refractivity contribution in [2.24, 2.45) is 0 Å². The van der Waals surface area contributed by atoms with Gasteiger partial charge in [-0.2, -0.15) is 4.98 Å². The fourth-order valence-corrected chi connectivity index (χ4v) is 4.80. The van der Waals surface area contributed by atoms with Crippen molar-refractivity contribution in [2.75, 3.05) is 54.0 Å². The third-order valence-corrected chi connectivity index (χ3v) is 6.78. The summed E-state index contributed by atoms with van der Waals surface area (Å²) in [6.45, 7) is 5.03. The van der Waals surface area contributed by atoms with Crippen LogP contribution in [0.15, 0.2) is 42.6 Å². The Balaban J connectivity index is 1.44. The minimum Gasteiger partial charge on any atom is -0.353 e. The van der Waals surface area contributed by atoms with Crippen LogP contribution in [0.2, 0.25) is 10.0 Å². The first-order valence-electron chi connectivity index (χ1n) is 11.3. The van der Waals surface area contributed by atoms with Crippen LogP contribution in [-0.2, 0) is 0 Å². The van der Waals surface area contributed by atoms with Crippen LogP contribution in [0.25, 0.3) is 11.3 Å². The number of pyridine rings is 1. The summed E-state index contributed by atoms with van der Waals surface area (Å²) < 4.78 is 13.8. The summed E-state index contributed by atoms with van der Waals surface area (Å²) in [6.07, 6.45) is 5.27. The first-order valence-corrected chi connectivity index (χ1v) is 12.0. The summed E-state index contributed by atoms with van der Waals surface area (Å²) in [5, 5.41) is 0.754. The number of benzene rings is 1. The molecule has 172 valence electrons. The van der Waals surface area contributed by atoms with E-state index in [0.29, 0.717) is 5.02 Å². The van der Waals surface area contributed by atoms with Crippen molar-refractivity contribution in [3.8, 4) is 11.3 Å². The zero-order chi connectivity index (χ0) is 22.8. The van der Waals surface area contributed by atoms with E-state index in [2.05, 4.69) is 19.7 Å². The van der Waals surface area contributed by atoms with Crippen molar-refractivity contribution in [2.45, 2.75) is 19.3 Å². The number of nitrogens with zero attached hydrogens (tertiary/aromatic N) is 6. The smallest absolute Gasteiger partial charge is 0.227 e. The summed E-state index contributed by atoms with van der Waals surface area (Å²) in [6, 6.07) is 10.4. The Bertz CT molecular complexity index is 1130. The maximum absolute atomic E-state index is 13.8. The van der Waals surface area contributed by atoms with Crippen molar-refractivity contribution in [1.82, 2.24) is 15.0 Å². The summed E-state index contributed by atoms with van der Waals surface area (Å²) in [4.78, 5) is 20.9. The number of anilines is 3. The standard InChI is InChI=1S/C24H25Cl2FN6/c25-18-5-4-8-28-23(18)32-13-11-31(12-14-32)22-16-21(17-6-7-20(27)19(26)15-17)29-24(30-22)33-9-2-1-3-10-33/h4-8,15-16H,1-3,9-14H2. The lowest BCUT2D eigenvalue weighted by Crippen LogP contribution is -2.47. The molecule has 0 unspecified atom stereocenters. The maximum Gasteiger partial charge on any atom is 0.227 e. The third-order valence-electron chi connectivity index (χ3n) is 6.20. The topological polar surface area (TPSA) is 48.4 Å². The van der Waals surface area contributed by atoms with Crippen molar-refractivity contribution in [1.29, 1.82) is 0 Å². The highest BCUT2D eigenvalue weighted by molar-refractivity contribution is 6.33. The van der Waals surface area contributed by atoms with Gasteiger partial charge in [-0.1, -0.05) is 23.2 Å². The average molecular weight is 487 g/mol. The fourth-order valence-electron chi connectivity index (χ4n) is 4.38. The van der Waals surface area contributed by atoms with E-state index in [9.17, 15) is 4.39 Å². The molecule has 2 aliphatic heterocycles. The number of hydrogen-bond acceptors (Lipinski definition) is 6. The van der Waals surface area contributed by atoms with E-state index in [-0.39, 0.29) is 5.02 Å². The van der Waals surface area contributed by atoms with Gasteiger partial charge >= 0.3 is 0 Å². The molecular formula is C24H25Cl2FN6. The van der Waals surface area contributed by atoms with Crippen LogP contribution in [0, 0.1) is 5.82 Å². The highest BCUT2D eigenvalue weighted by Gasteiger charge is 2.23. The summed E-state index contributed by atoms with van der Waals surface area (Å²) in [7, 11) is 0. The summed E-state index contributed by atoms with van der Waals surface area (Å²) in [5.74, 6) is 1.97. The molecule has 33 heavy (non-hydrogen) atoms. The van der Waals surface area contributed by atoms with Crippen LogP contribution in [0.1, 0.15) is 19.3 Å². The molecule has 2 aromatic heterocycles. The number of hydrogen-bond donors (Lipinski definition) is 0. The van der Waals surface area contributed by atoms with Crippen molar-refractivity contribution in [3.63, 3.8) is 0 Å². The van der Waals surface area contributed by atoms with Gasteiger partial charge in [-0.05, 0) is 49.6 Å². The largest absolute Gasteiger partial charge is 0.353 e. The van der Waals surface area contributed by atoms with Gasteiger partial charge in [-0.25, -0.2) is 14.4 Å². The van der Waals surface area contributed by atoms with Gasteiger partial charge in [0.2, 0.25) is 5.95 Å². The summed E-state index contributed by atoms with van der Waals surface area (Å²) in [5.41, 5.74) is 1.53. The molecule has 0 spiro atoms. The third kappa shape index (κ3) is 4.84. The number of aromatic nitrogens is 3. The lowest BCUT2D eigenvalue weighted by atomic mass is 10.1. The minimum atomic E-state index is -0.435. The van der Waals surface area contributed by atoms with Gasteiger partial charge in [0.05, 0.1) is 15.7 Å². The molecule has 5 rings (SSSR count). The highest BCUT2D eigenvalue weighted by Crippen LogP contribution is 2.30. The Hall–Kier alpha value is -2.64. The van der Waals surface area contributed by atoms with Crippen LogP contribution in [0.4, 0.5) is 22.0 Å². The molecule has 0 amide bonds. The van der Waals surface area contributed by atoms with Crippen LogP contribution in [0.5, 0.6) is 0 Å². The molecule has 0 aliphatic carbocycles. The average Bonchev–Trinajstić information content (AvgIpc) is 2.86. The molecule has 1 aromatic carbocycles. The molecule has 0 N–H and O–H groups in total. The van der Waals surface area contributed by atoms with Crippen molar-refractivity contribution >= 4 is 40.8 Å². The monoisotopic (exact) mass is 486 g/mol. The van der Waals surface area contributed by atoms with E-state index < -0.39 is 5.82 Å². The van der Waals surface area contributed by atoms with Crippen LogP contribution >= 0.6 is 23.2 Å². The molecule has 6 nitrogen and oxygen atoms in total. The van der Waals surface area contributed by atoms with Gasteiger partial charge in [0.25, 0.3) is 0 Å². The Morgan fingerprint density at radius 1 is 0.758 bits per heavy atom. The molecule has 2 saturated heterocycles. The lowest BCUT2D eigenvalue weighted by molar-refractivity contribution is 0.567. The second-order valence-electron chi connectivity index (χ2n) is 8.37. The van der Waals surface area contributed by atoms with E-state index in [1.165, 1.54) is 12.5 Å². The highest BCUT2D eigenvalue weighted by atomic mass is 35.5. The summed E-state index contributed by atoms with van der Waals surface area (Å²) >= 11 is 12.4.